The van der Waals surface area contributed by atoms with Crippen LogP contribution in [0.4, 0.5) is 0 Å². The van der Waals surface area contributed by atoms with E-state index in [1.165, 1.54) is 51.4 Å². The third kappa shape index (κ3) is 27.7. The van der Waals surface area contributed by atoms with E-state index in [0.717, 1.165) is 38.5 Å². The molecule has 0 aromatic rings. The van der Waals surface area contributed by atoms with Crippen LogP contribution in [0.5, 0.6) is 0 Å². The van der Waals surface area contributed by atoms with E-state index < -0.39 is 50.6 Å². The summed E-state index contributed by atoms with van der Waals surface area (Å²) in [7, 11) is 1.33. The van der Waals surface area contributed by atoms with Gasteiger partial charge in [0.05, 0.1) is 40.0 Å². The first-order chi connectivity index (χ1) is 26.7. The van der Waals surface area contributed by atoms with Crippen LogP contribution in [0.25, 0.3) is 0 Å². The number of likely N-dealkylation sites (N-methyl/N-ethyl adjacent to an activating group) is 1. The van der Waals surface area contributed by atoms with Gasteiger partial charge < -0.3 is 29.1 Å². The topological polar surface area (TPSA) is 166 Å². The van der Waals surface area contributed by atoms with Crippen LogP contribution in [-0.2, 0) is 37.5 Å². The van der Waals surface area contributed by atoms with Gasteiger partial charge in [-0.25, -0.2) is 4.57 Å². The zero-order chi connectivity index (χ0) is 41.7. The minimum absolute atomic E-state index is 0.00948. The summed E-state index contributed by atoms with van der Waals surface area (Å²) in [6.07, 6.45) is 24.5. The van der Waals surface area contributed by atoms with E-state index in [1.54, 1.807) is 12.2 Å². The van der Waals surface area contributed by atoms with Crippen molar-refractivity contribution in [3.05, 3.63) is 24.3 Å². The highest BCUT2D eigenvalue weighted by atomic mass is 31.2. The molecule has 0 heterocycles. The molecular formula is C43H79NO11P+. The highest BCUT2D eigenvalue weighted by molar-refractivity contribution is 7.47. The van der Waals surface area contributed by atoms with Crippen molar-refractivity contribution < 1.29 is 57.1 Å². The van der Waals surface area contributed by atoms with Gasteiger partial charge in [0, 0.05) is 31.1 Å². The summed E-state index contributed by atoms with van der Waals surface area (Å²) in [6.45, 7) is 4.00. The second kappa shape index (κ2) is 31.1. The molecule has 0 spiro atoms. The molecule has 326 valence electrons. The predicted molar refractivity (Wildman–Crippen MR) is 221 cm³/mol. The first-order valence-corrected chi connectivity index (χ1v) is 23.2. The molecule has 0 aromatic carbocycles. The molecule has 0 aromatic heterocycles. The van der Waals surface area contributed by atoms with E-state index in [0.29, 0.717) is 43.1 Å². The van der Waals surface area contributed by atoms with Crippen molar-refractivity contribution in [2.75, 3.05) is 47.5 Å². The normalized spacial score (nSPS) is 19.8. The number of carbonyl (C=O) groups is 3. The van der Waals surface area contributed by atoms with Crippen molar-refractivity contribution in [2.45, 2.75) is 173 Å². The number of aliphatic hydroxyl groups excluding tert-OH is 2. The Kier molecular flexibility index (Phi) is 28.9. The van der Waals surface area contributed by atoms with Gasteiger partial charge in [0.15, 0.2) is 6.10 Å². The number of carbonyl (C=O) groups excluding carboxylic acids is 3. The summed E-state index contributed by atoms with van der Waals surface area (Å²) in [5.74, 6) is -1.72. The minimum Gasteiger partial charge on any atom is -0.462 e. The second-order valence-electron chi connectivity index (χ2n) is 16.5. The van der Waals surface area contributed by atoms with Crippen LogP contribution in [0, 0.1) is 11.8 Å². The van der Waals surface area contributed by atoms with Crippen LogP contribution in [0.2, 0.25) is 0 Å². The van der Waals surface area contributed by atoms with Crippen LogP contribution in [0.3, 0.4) is 0 Å². The lowest BCUT2D eigenvalue weighted by molar-refractivity contribution is -0.870. The molecular weight excluding hydrogens is 737 g/mol. The van der Waals surface area contributed by atoms with Gasteiger partial charge in [0.2, 0.25) is 0 Å². The van der Waals surface area contributed by atoms with E-state index in [2.05, 4.69) is 13.8 Å². The van der Waals surface area contributed by atoms with Crippen molar-refractivity contribution in [3.63, 3.8) is 0 Å². The lowest BCUT2D eigenvalue weighted by Crippen LogP contribution is -2.37. The maximum Gasteiger partial charge on any atom is 0.472 e. The summed E-state index contributed by atoms with van der Waals surface area (Å²) in [6, 6.07) is 0. The highest BCUT2D eigenvalue weighted by Gasteiger charge is 2.39. The molecule has 3 N–H and O–H groups in total. The van der Waals surface area contributed by atoms with Gasteiger partial charge in [-0.05, 0) is 32.1 Å². The quantitative estimate of drug-likeness (QED) is 0.0185. The van der Waals surface area contributed by atoms with Crippen molar-refractivity contribution in [1.82, 2.24) is 0 Å². The van der Waals surface area contributed by atoms with Crippen molar-refractivity contribution in [1.29, 1.82) is 0 Å². The lowest BCUT2D eigenvalue weighted by Gasteiger charge is -2.24. The fourth-order valence-electron chi connectivity index (χ4n) is 6.58. The molecule has 1 aliphatic carbocycles. The number of phosphoric acid groups is 1. The fraction of sp³-hybridized carbons (Fsp3) is 0.837. The van der Waals surface area contributed by atoms with E-state index in [4.69, 9.17) is 18.5 Å². The van der Waals surface area contributed by atoms with Crippen molar-refractivity contribution in [2.24, 2.45) is 11.8 Å². The molecule has 13 heteroatoms. The molecule has 1 unspecified atom stereocenters. The Hall–Kier alpha value is -1.92. The number of hydrogen-bond donors (Lipinski definition) is 3. The van der Waals surface area contributed by atoms with Gasteiger partial charge in [-0.2, -0.15) is 0 Å². The molecule has 0 aliphatic heterocycles. The van der Waals surface area contributed by atoms with Crippen molar-refractivity contribution in [3.8, 4) is 0 Å². The lowest BCUT2D eigenvalue weighted by atomic mass is 9.90. The zero-order valence-electron chi connectivity index (χ0n) is 35.6. The maximum absolute atomic E-state index is 12.7. The van der Waals surface area contributed by atoms with E-state index >= 15 is 0 Å². The summed E-state index contributed by atoms with van der Waals surface area (Å²) < 4.78 is 34.2. The number of rotatable bonds is 35. The zero-order valence-corrected chi connectivity index (χ0v) is 36.5. The number of aliphatic hydroxyl groups is 2. The average Bonchev–Trinajstić information content (AvgIpc) is 3.40. The molecule has 1 fully saturated rings. The number of nitrogens with zero attached hydrogens (tertiary/aromatic N) is 1. The number of quaternary nitrogens is 1. The molecule has 1 saturated carbocycles. The Morgan fingerprint density at radius 2 is 1.41 bits per heavy atom. The smallest absolute Gasteiger partial charge is 0.462 e. The van der Waals surface area contributed by atoms with Gasteiger partial charge in [-0.3, -0.25) is 23.4 Å². The summed E-state index contributed by atoms with van der Waals surface area (Å²) in [5.41, 5.74) is 0. The predicted octanol–water partition coefficient (Wildman–Crippen LogP) is 8.55. The summed E-state index contributed by atoms with van der Waals surface area (Å²) in [4.78, 5) is 48.0. The molecule has 56 heavy (non-hydrogen) atoms. The second-order valence-corrected chi connectivity index (χ2v) is 18.0. The number of ketones is 1. The van der Waals surface area contributed by atoms with Crippen LogP contribution in [0.15, 0.2) is 24.3 Å². The third-order valence-electron chi connectivity index (χ3n) is 10.1. The monoisotopic (exact) mass is 817 g/mol. The Bertz CT molecular complexity index is 1170. The number of unbranched alkanes of at least 4 members (excludes halogenated alkanes) is 14. The number of phosphoric ester groups is 1. The first-order valence-electron chi connectivity index (χ1n) is 21.7. The Balaban J connectivity index is 2.52. The molecule has 0 radical (unpaired) electrons. The number of Topliss-reactive ketones (excluding diaryl/α,β-unsaturated/α-hetero) is 1. The molecule has 0 amide bonds. The van der Waals surface area contributed by atoms with Crippen LogP contribution >= 0.6 is 7.82 Å². The van der Waals surface area contributed by atoms with Crippen LogP contribution < -0.4 is 0 Å². The number of allylic oxidation sites excluding steroid dienone is 3. The Morgan fingerprint density at radius 3 is 2.04 bits per heavy atom. The van der Waals surface area contributed by atoms with E-state index in [1.807, 2.05) is 33.3 Å². The molecule has 6 atom stereocenters. The largest absolute Gasteiger partial charge is 0.472 e. The van der Waals surface area contributed by atoms with Gasteiger partial charge in [0.25, 0.3) is 0 Å². The van der Waals surface area contributed by atoms with Gasteiger partial charge >= 0.3 is 19.8 Å². The average molecular weight is 817 g/mol. The molecule has 1 rings (SSSR count). The highest BCUT2D eigenvalue weighted by Crippen LogP contribution is 2.43. The Labute approximate surface area is 339 Å². The van der Waals surface area contributed by atoms with Crippen LogP contribution in [0.1, 0.15) is 155 Å². The minimum atomic E-state index is -4.43. The van der Waals surface area contributed by atoms with E-state index in [-0.39, 0.29) is 44.2 Å². The number of hydrogen-bond acceptors (Lipinski definition) is 10. The molecule has 0 bridgehead atoms. The third-order valence-corrected chi connectivity index (χ3v) is 11.1. The van der Waals surface area contributed by atoms with Crippen LogP contribution in [-0.4, -0.2) is 103 Å². The molecule has 12 nitrogen and oxygen atoms in total. The SMILES string of the molecule is CCCCCCCCCCCCCCC(=O)O[C@H](COC(=O)CCC/C=C\C[C@H]1[C@@H](O)CC(=O)[C@@H]1/C=C/[C@@H](O)CCCCC)COP(=O)(O)OCC[N+](C)(C)C. The number of ether oxygens (including phenoxy) is 2. The van der Waals surface area contributed by atoms with Gasteiger partial charge in [-0.15, -0.1) is 0 Å². The fourth-order valence-corrected chi connectivity index (χ4v) is 7.32. The van der Waals surface area contributed by atoms with Gasteiger partial charge in [0.1, 0.15) is 25.5 Å². The molecule has 1 aliphatic rings. The summed E-state index contributed by atoms with van der Waals surface area (Å²) in [5, 5.41) is 20.7. The van der Waals surface area contributed by atoms with Gasteiger partial charge in [-0.1, -0.05) is 128 Å². The Morgan fingerprint density at radius 1 is 0.821 bits per heavy atom. The first kappa shape index (κ1) is 52.1. The standard InChI is InChI=1S/C43H78NO11P/c1-6-8-10-11-12-13-14-15-16-17-18-24-28-43(49)55-37(35-54-56(50,51)53-32-31-44(3,4)5)34-52-42(48)27-23-20-19-22-26-38-39(41(47)33-40(38)46)30-29-36(45)25-21-9-7-2/h19,22,29-30,36-40,45-46H,6-18,20-21,23-28,31-35H2,1-5H3/p+1/b22-19-,30-29+/t36-,37+,38+,39+,40-/m0/s1. The van der Waals surface area contributed by atoms with Crippen molar-refractivity contribution >= 4 is 25.5 Å². The summed E-state index contributed by atoms with van der Waals surface area (Å²) >= 11 is 0. The molecule has 0 saturated heterocycles. The maximum atomic E-state index is 12.7. The van der Waals surface area contributed by atoms with E-state index in [9.17, 15) is 34.1 Å². The number of esters is 2.